The summed E-state index contributed by atoms with van der Waals surface area (Å²) in [4.78, 5) is 13.0. The van der Waals surface area contributed by atoms with Crippen LogP contribution in [0.5, 0.6) is 0 Å². The van der Waals surface area contributed by atoms with E-state index in [1.807, 2.05) is 91.9 Å². The molecule has 5 nitrogen and oxygen atoms in total. The molecule has 0 atom stereocenters. The number of nitrogens with one attached hydrogen (secondary N) is 1. The van der Waals surface area contributed by atoms with Crippen LogP contribution in [0.15, 0.2) is 100.0 Å². The van der Waals surface area contributed by atoms with Crippen LogP contribution < -0.4 is 5.56 Å². The molecular formula is C22H18N4O. The molecule has 0 radical (unpaired) electrons. The van der Waals surface area contributed by atoms with Crippen LogP contribution in [-0.4, -0.2) is 9.78 Å². The third-order valence-electron chi connectivity index (χ3n) is 4.24. The molecule has 132 valence electrons. The molecular weight excluding hydrogens is 336 g/mol. The second kappa shape index (κ2) is 7.25. The molecule has 4 rings (SSSR count). The maximum absolute atomic E-state index is 13.0. The summed E-state index contributed by atoms with van der Waals surface area (Å²) in [5.41, 5.74) is 4.15. The van der Waals surface area contributed by atoms with Crippen LogP contribution in [0.1, 0.15) is 5.56 Å². The van der Waals surface area contributed by atoms with Gasteiger partial charge >= 0.3 is 0 Å². The van der Waals surface area contributed by atoms with E-state index in [4.69, 9.17) is 0 Å². The van der Waals surface area contributed by atoms with Crippen molar-refractivity contribution in [2.45, 2.75) is 6.92 Å². The fourth-order valence-electron chi connectivity index (χ4n) is 2.81. The van der Waals surface area contributed by atoms with Crippen LogP contribution >= 0.6 is 0 Å². The highest BCUT2D eigenvalue weighted by Gasteiger charge is 2.16. The number of azo groups is 1. The van der Waals surface area contributed by atoms with Crippen LogP contribution in [-0.2, 0) is 0 Å². The van der Waals surface area contributed by atoms with Crippen molar-refractivity contribution in [2.75, 3.05) is 0 Å². The Morgan fingerprint density at radius 2 is 1.41 bits per heavy atom. The predicted octanol–water partition coefficient (Wildman–Crippen LogP) is 5.56. The van der Waals surface area contributed by atoms with Gasteiger partial charge in [-0.15, -0.1) is 5.11 Å². The van der Waals surface area contributed by atoms with Gasteiger partial charge in [-0.3, -0.25) is 9.89 Å². The number of aromatic amines is 1. The minimum absolute atomic E-state index is 0.240. The number of H-pyrrole nitrogens is 1. The number of hydrogen-bond donors (Lipinski definition) is 1. The van der Waals surface area contributed by atoms with E-state index in [1.165, 1.54) is 4.68 Å². The lowest BCUT2D eigenvalue weighted by Gasteiger charge is -2.01. The van der Waals surface area contributed by atoms with Crippen LogP contribution in [0.4, 0.5) is 11.4 Å². The minimum Gasteiger partial charge on any atom is -0.288 e. The predicted molar refractivity (Wildman–Crippen MR) is 107 cm³/mol. The van der Waals surface area contributed by atoms with E-state index in [9.17, 15) is 4.79 Å². The molecule has 1 aromatic heterocycles. The van der Waals surface area contributed by atoms with Crippen molar-refractivity contribution in [1.82, 2.24) is 9.78 Å². The number of aromatic nitrogens is 2. The Bertz CT molecular complexity index is 1120. The lowest BCUT2D eigenvalue weighted by atomic mass is 10.1. The zero-order chi connectivity index (χ0) is 18.6. The van der Waals surface area contributed by atoms with Crippen LogP contribution in [0.2, 0.25) is 0 Å². The first kappa shape index (κ1) is 16.7. The molecule has 0 unspecified atom stereocenters. The average molecular weight is 354 g/mol. The van der Waals surface area contributed by atoms with E-state index < -0.39 is 0 Å². The molecule has 0 spiro atoms. The van der Waals surface area contributed by atoms with Gasteiger partial charge in [0, 0.05) is 5.56 Å². The van der Waals surface area contributed by atoms with E-state index in [1.54, 1.807) is 0 Å². The smallest absolute Gasteiger partial charge is 0.288 e. The second-order valence-corrected chi connectivity index (χ2v) is 6.21. The zero-order valence-electron chi connectivity index (χ0n) is 14.8. The minimum atomic E-state index is -0.240. The summed E-state index contributed by atoms with van der Waals surface area (Å²) in [6, 6.07) is 26.8. The maximum atomic E-state index is 13.0. The Kier molecular flexibility index (Phi) is 4.49. The molecule has 0 fully saturated rings. The maximum Gasteiger partial charge on any atom is 0.299 e. The van der Waals surface area contributed by atoms with Gasteiger partial charge < -0.3 is 0 Å². The summed E-state index contributed by atoms with van der Waals surface area (Å²) in [7, 11) is 0. The quantitative estimate of drug-likeness (QED) is 0.479. The molecule has 5 heteroatoms. The van der Waals surface area contributed by atoms with Crippen molar-refractivity contribution in [3.63, 3.8) is 0 Å². The summed E-state index contributed by atoms with van der Waals surface area (Å²) in [5.74, 6) is 0. The highest BCUT2D eigenvalue weighted by atomic mass is 16.1. The molecule has 3 aromatic carbocycles. The normalized spacial score (nSPS) is 11.1. The summed E-state index contributed by atoms with van der Waals surface area (Å²) in [6.45, 7) is 2.01. The lowest BCUT2D eigenvalue weighted by Crippen LogP contribution is -2.13. The average Bonchev–Trinajstić information content (AvgIpc) is 3.05. The third-order valence-corrected chi connectivity index (χ3v) is 4.24. The molecule has 0 saturated heterocycles. The Morgan fingerprint density at radius 3 is 2.07 bits per heavy atom. The van der Waals surface area contributed by atoms with Crippen molar-refractivity contribution in [3.05, 3.63) is 101 Å². The number of hydrogen-bond acceptors (Lipinski definition) is 3. The van der Waals surface area contributed by atoms with Crippen LogP contribution in [0, 0.1) is 6.92 Å². The van der Waals surface area contributed by atoms with E-state index in [0.717, 1.165) is 16.8 Å². The summed E-state index contributed by atoms with van der Waals surface area (Å²) in [5, 5.41) is 11.7. The topological polar surface area (TPSA) is 62.5 Å². The number of aryl methyl sites for hydroxylation is 1. The number of benzene rings is 3. The monoisotopic (exact) mass is 354 g/mol. The number of rotatable bonds is 4. The largest absolute Gasteiger partial charge is 0.299 e. The molecule has 1 heterocycles. The first-order valence-corrected chi connectivity index (χ1v) is 8.66. The Hall–Kier alpha value is -3.73. The molecule has 27 heavy (non-hydrogen) atoms. The molecule has 0 aliphatic heterocycles. The standard InChI is InChI=1S/C22H18N4O/c1-16-12-14-18(15-13-16)23-24-21-20(17-8-4-2-5-9-17)25-26(22(21)27)19-10-6-3-7-11-19/h2-15,25H,1H3. The number of para-hydroxylation sites is 1. The van der Waals surface area contributed by atoms with E-state index in [2.05, 4.69) is 15.3 Å². The van der Waals surface area contributed by atoms with Gasteiger partial charge in [-0.2, -0.15) is 5.11 Å². The summed E-state index contributed by atoms with van der Waals surface area (Å²) < 4.78 is 1.49. The third kappa shape index (κ3) is 3.48. The molecule has 0 aliphatic carbocycles. The fraction of sp³-hybridized carbons (Fsp3) is 0.0455. The van der Waals surface area contributed by atoms with Crippen molar-refractivity contribution in [2.24, 2.45) is 10.2 Å². The van der Waals surface area contributed by atoms with Gasteiger partial charge in [0.05, 0.1) is 17.1 Å². The van der Waals surface area contributed by atoms with Gasteiger partial charge in [-0.05, 0) is 31.2 Å². The highest BCUT2D eigenvalue weighted by Crippen LogP contribution is 2.28. The van der Waals surface area contributed by atoms with Crippen LogP contribution in [0.25, 0.3) is 16.9 Å². The first-order chi connectivity index (χ1) is 13.2. The van der Waals surface area contributed by atoms with Gasteiger partial charge in [-0.25, -0.2) is 4.68 Å². The highest BCUT2D eigenvalue weighted by molar-refractivity contribution is 5.71. The Balaban J connectivity index is 1.85. The summed E-state index contributed by atoms with van der Waals surface area (Å²) >= 11 is 0. The van der Waals surface area contributed by atoms with E-state index >= 15 is 0 Å². The fourth-order valence-corrected chi connectivity index (χ4v) is 2.81. The molecule has 1 N–H and O–H groups in total. The van der Waals surface area contributed by atoms with Gasteiger partial charge in [0.2, 0.25) is 0 Å². The Morgan fingerprint density at radius 1 is 0.778 bits per heavy atom. The summed E-state index contributed by atoms with van der Waals surface area (Å²) in [6.07, 6.45) is 0. The van der Waals surface area contributed by atoms with Gasteiger partial charge in [0.25, 0.3) is 5.56 Å². The number of nitrogens with zero attached hydrogens (tertiary/aromatic N) is 3. The van der Waals surface area contributed by atoms with Gasteiger partial charge in [-0.1, -0.05) is 66.2 Å². The van der Waals surface area contributed by atoms with Gasteiger partial charge in [0.1, 0.15) is 0 Å². The van der Waals surface area contributed by atoms with E-state index in [0.29, 0.717) is 11.4 Å². The lowest BCUT2D eigenvalue weighted by molar-refractivity contribution is 0.852. The van der Waals surface area contributed by atoms with E-state index in [-0.39, 0.29) is 11.2 Å². The van der Waals surface area contributed by atoms with Crippen LogP contribution in [0.3, 0.4) is 0 Å². The van der Waals surface area contributed by atoms with Crippen molar-refractivity contribution >= 4 is 11.4 Å². The molecule has 0 saturated carbocycles. The zero-order valence-corrected chi connectivity index (χ0v) is 14.8. The molecule has 4 aromatic rings. The molecule has 0 bridgehead atoms. The van der Waals surface area contributed by atoms with Crippen molar-refractivity contribution in [1.29, 1.82) is 0 Å². The molecule has 0 aliphatic rings. The van der Waals surface area contributed by atoms with Crippen molar-refractivity contribution in [3.8, 4) is 16.9 Å². The Labute approximate surface area is 156 Å². The SMILES string of the molecule is Cc1ccc(N=Nc2c(-c3ccccc3)[nH]n(-c3ccccc3)c2=O)cc1. The van der Waals surface area contributed by atoms with Gasteiger partial charge in [0.15, 0.2) is 5.69 Å². The van der Waals surface area contributed by atoms with Crippen molar-refractivity contribution < 1.29 is 0 Å². The first-order valence-electron chi connectivity index (χ1n) is 8.66. The second-order valence-electron chi connectivity index (χ2n) is 6.21. The molecule has 0 amide bonds.